The first-order chi connectivity index (χ1) is 8.17. The van der Waals surface area contributed by atoms with Crippen molar-refractivity contribution in [2.45, 2.75) is 26.8 Å². The molecule has 0 saturated heterocycles. The van der Waals surface area contributed by atoms with Crippen molar-refractivity contribution in [2.75, 3.05) is 13.1 Å². The number of benzene rings is 1. The van der Waals surface area contributed by atoms with E-state index in [0.717, 1.165) is 6.54 Å². The highest BCUT2D eigenvalue weighted by molar-refractivity contribution is 5.76. The van der Waals surface area contributed by atoms with E-state index < -0.39 is 0 Å². The highest BCUT2D eigenvalue weighted by Crippen LogP contribution is 2.09. The van der Waals surface area contributed by atoms with Gasteiger partial charge in [-0.05, 0) is 24.9 Å². The highest BCUT2D eigenvalue weighted by atomic mass is 16.2. The minimum Gasteiger partial charge on any atom is -0.339 e. The van der Waals surface area contributed by atoms with Gasteiger partial charge in [0.15, 0.2) is 0 Å². The van der Waals surface area contributed by atoms with Crippen molar-refractivity contribution in [1.82, 2.24) is 4.90 Å². The number of nitrogens with two attached hydrogens (primary N) is 1. The fourth-order valence-electron chi connectivity index (χ4n) is 1.69. The Morgan fingerprint density at radius 1 is 1.35 bits per heavy atom. The smallest absolute Gasteiger partial charge is 0.223 e. The normalized spacial score (nSPS) is 12.2. The molecule has 2 N–H and O–H groups in total. The first kappa shape index (κ1) is 13.7. The van der Waals surface area contributed by atoms with E-state index in [2.05, 4.69) is 0 Å². The fourth-order valence-corrected chi connectivity index (χ4v) is 1.69. The van der Waals surface area contributed by atoms with Crippen molar-refractivity contribution in [3.05, 3.63) is 35.9 Å². The van der Waals surface area contributed by atoms with Gasteiger partial charge in [-0.3, -0.25) is 4.79 Å². The zero-order valence-corrected chi connectivity index (χ0v) is 10.7. The Labute approximate surface area is 104 Å². The monoisotopic (exact) mass is 234 g/mol. The Kier molecular flexibility index (Phi) is 5.70. The molecule has 0 bridgehead atoms. The number of nitrogens with zero attached hydrogens (tertiary/aromatic N) is 1. The van der Waals surface area contributed by atoms with Crippen LogP contribution in [0.4, 0.5) is 0 Å². The van der Waals surface area contributed by atoms with Gasteiger partial charge >= 0.3 is 0 Å². The molecule has 0 heterocycles. The first-order valence-corrected chi connectivity index (χ1v) is 6.19. The predicted molar refractivity (Wildman–Crippen MR) is 70.4 cm³/mol. The van der Waals surface area contributed by atoms with Gasteiger partial charge < -0.3 is 10.6 Å². The molecule has 1 amide bonds. The SMILES string of the molecule is CCN(Cc1ccccc1)C(=O)CC(C)CN. The summed E-state index contributed by atoms with van der Waals surface area (Å²) in [6, 6.07) is 10.1. The summed E-state index contributed by atoms with van der Waals surface area (Å²) in [5.74, 6) is 0.446. The number of rotatable bonds is 6. The molecule has 3 nitrogen and oxygen atoms in total. The second-order valence-electron chi connectivity index (χ2n) is 4.44. The van der Waals surface area contributed by atoms with Gasteiger partial charge in [-0.25, -0.2) is 0 Å². The molecule has 1 unspecified atom stereocenters. The summed E-state index contributed by atoms with van der Waals surface area (Å²) in [7, 11) is 0. The summed E-state index contributed by atoms with van der Waals surface area (Å²) < 4.78 is 0. The molecule has 94 valence electrons. The molecular weight excluding hydrogens is 212 g/mol. The lowest BCUT2D eigenvalue weighted by Crippen LogP contribution is -2.32. The maximum atomic E-state index is 12.0. The van der Waals surface area contributed by atoms with Crippen LogP contribution in [-0.2, 0) is 11.3 Å². The second kappa shape index (κ2) is 7.07. The van der Waals surface area contributed by atoms with Gasteiger partial charge in [-0.2, -0.15) is 0 Å². The lowest BCUT2D eigenvalue weighted by molar-refractivity contribution is -0.132. The average molecular weight is 234 g/mol. The summed E-state index contributed by atoms with van der Waals surface area (Å²) in [6.45, 7) is 6.01. The third-order valence-corrected chi connectivity index (χ3v) is 2.88. The Morgan fingerprint density at radius 3 is 2.53 bits per heavy atom. The largest absolute Gasteiger partial charge is 0.339 e. The third kappa shape index (κ3) is 4.57. The Hall–Kier alpha value is -1.35. The van der Waals surface area contributed by atoms with Gasteiger partial charge in [0.2, 0.25) is 5.91 Å². The molecule has 1 aromatic rings. The molecule has 0 fully saturated rings. The zero-order valence-electron chi connectivity index (χ0n) is 10.7. The maximum absolute atomic E-state index is 12.0. The Bertz CT molecular complexity index is 337. The topological polar surface area (TPSA) is 46.3 Å². The van der Waals surface area contributed by atoms with E-state index in [0.29, 0.717) is 19.5 Å². The van der Waals surface area contributed by atoms with Crippen LogP contribution >= 0.6 is 0 Å². The van der Waals surface area contributed by atoms with Crippen LogP contribution in [0.25, 0.3) is 0 Å². The highest BCUT2D eigenvalue weighted by Gasteiger charge is 2.14. The van der Waals surface area contributed by atoms with Gasteiger partial charge in [-0.15, -0.1) is 0 Å². The molecule has 1 aromatic carbocycles. The minimum absolute atomic E-state index is 0.189. The van der Waals surface area contributed by atoms with Crippen molar-refractivity contribution in [1.29, 1.82) is 0 Å². The van der Waals surface area contributed by atoms with Crippen molar-refractivity contribution in [3.63, 3.8) is 0 Å². The third-order valence-electron chi connectivity index (χ3n) is 2.88. The van der Waals surface area contributed by atoms with Gasteiger partial charge in [-0.1, -0.05) is 37.3 Å². The maximum Gasteiger partial charge on any atom is 0.223 e. The molecule has 1 rings (SSSR count). The minimum atomic E-state index is 0.189. The Morgan fingerprint density at radius 2 is 2.00 bits per heavy atom. The van der Waals surface area contributed by atoms with Crippen LogP contribution < -0.4 is 5.73 Å². The summed E-state index contributed by atoms with van der Waals surface area (Å²) in [4.78, 5) is 13.9. The molecule has 17 heavy (non-hydrogen) atoms. The number of amides is 1. The van der Waals surface area contributed by atoms with Gasteiger partial charge in [0.05, 0.1) is 0 Å². The molecule has 1 atom stereocenters. The van der Waals surface area contributed by atoms with Crippen molar-refractivity contribution in [2.24, 2.45) is 11.7 Å². The molecule has 0 aliphatic rings. The fraction of sp³-hybridized carbons (Fsp3) is 0.500. The van der Waals surface area contributed by atoms with Crippen molar-refractivity contribution < 1.29 is 4.79 Å². The molecule has 0 spiro atoms. The van der Waals surface area contributed by atoms with Gasteiger partial charge in [0, 0.05) is 19.5 Å². The molecule has 3 heteroatoms. The first-order valence-electron chi connectivity index (χ1n) is 6.19. The summed E-state index contributed by atoms with van der Waals surface area (Å²) in [5, 5.41) is 0. The quantitative estimate of drug-likeness (QED) is 0.818. The van der Waals surface area contributed by atoms with E-state index in [4.69, 9.17) is 5.73 Å². The predicted octanol–water partition coefficient (Wildman–Crippen LogP) is 2.02. The lowest BCUT2D eigenvalue weighted by atomic mass is 10.1. The van der Waals surface area contributed by atoms with Crippen LogP contribution in [0.3, 0.4) is 0 Å². The zero-order chi connectivity index (χ0) is 12.7. The van der Waals surface area contributed by atoms with E-state index in [1.807, 2.05) is 49.1 Å². The summed E-state index contributed by atoms with van der Waals surface area (Å²) >= 11 is 0. The molecule has 0 aliphatic heterocycles. The van der Waals surface area contributed by atoms with Crippen molar-refractivity contribution >= 4 is 5.91 Å². The van der Waals surface area contributed by atoms with E-state index in [9.17, 15) is 4.79 Å². The summed E-state index contributed by atoms with van der Waals surface area (Å²) in [5.41, 5.74) is 6.71. The number of carbonyl (C=O) groups is 1. The number of hydrogen-bond donors (Lipinski definition) is 1. The van der Waals surface area contributed by atoms with E-state index in [-0.39, 0.29) is 11.8 Å². The van der Waals surface area contributed by atoms with Crippen LogP contribution in [0, 0.1) is 5.92 Å². The standard InChI is InChI=1S/C14H22N2O/c1-3-16(14(17)9-12(2)10-15)11-13-7-5-4-6-8-13/h4-8,12H,3,9-11,15H2,1-2H3. The molecule has 0 aromatic heterocycles. The number of hydrogen-bond acceptors (Lipinski definition) is 2. The van der Waals surface area contributed by atoms with Crippen molar-refractivity contribution in [3.8, 4) is 0 Å². The van der Waals surface area contributed by atoms with Crippen LogP contribution in [0.5, 0.6) is 0 Å². The molecular formula is C14H22N2O. The molecule has 0 radical (unpaired) electrons. The van der Waals surface area contributed by atoms with E-state index in [1.54, 1.807) is 0 Å². The van der Waals surface area contributed by atoms with Crippen LogP contribution in [-0.4, -0.2) is 23.9 Å². The average Bonchev–Trinajstić information content (AvgIpc) is 2.36. The van der Waals surface area contributed by atoms with Crippen LogP contribution in [0.1, 0.15) is 25.8 Å². The van der Waals surface area contributed by atoms with E-state index >= 15 is 0 Å². The second-order valence-corrected chi connectivity index (χ2v) is 4.44. The van der Waals surface area contributed by atoms with Gasteiger partial charge in [0.25, 0.3) is 0 Å². The Balaban J connectivity index is 2.56. The van der Waals surface area contributed by atoms with E-state index in [1.165, 1.54) is 5.56 Å². The van der Waals surface area contributed by atoms with Crippen LogP contribution in [0.15, 0.2) is 30.3 Å². The molecule has 0 saturated carbocycles. The molecule has 0 aliphatic carbocycles. The van der Waals surface area contributed by atoms with Crippen LogP contribution in [0.2, 0.25) is 0 Å². The lowest BCUT2D eigenvalue weighted by Gasteiger charge is -2.22. The summed E-state index contributed by atoms with van der Waals surface area (Å²) in [6.07, 6.45) is 0.539. The van der Waals surface area contributed by atoms with Gasteiger partial charge in [0.1, 0.15) is 0 Å². The number of carbonyl (C=O) groups excluding carboxylic acids is 1.